The van der Waals surface area contributed by atoms with E-state index in [-0.39, 0.29) is 11.8 Å². The van der Waals surface area contributed by atoms with Crippen molar-refractivity contribution in [3.05, 3.63) is 36.0 Å². The normalized spacial score (nSPS) is 12.9. The van der Waals surface area contributed by atoms with Crippen LogP contribution in [0.2, 0.25) is 0 Å². The summed E-state index contributed by atoms with van der Waals surface area (Å²) < 4.78 is 0. The van der Waals surface area contributed by atoms with Crippen molar-refractivity contribution in [2.24, 2.45) is 0 Å². The van der Waals surface area contributed by atoms with Crippen molar-refractivity contribution in [3.63, 3.8) is 0 Å². The Bertz CT molecular complexity index is 468. The third-order valence-corrected chi connectivity index (χ3v) is 2.85. The highest BCUT2D eigenvalue weighted by Crippen LogP contribution is 2.15. The van der Waals surface area contributed by atoms with E-state index in [0.29, 0.717) is 6.42 Å². The second-order valence-electron chi connectivity index (χ2n) is 4.04. The molecule has 1 atom stereocenters. The molecule has 1 aromatic carbocycles. The number of likely N-dealkylation sites (N-methyl/N-ethyl adjacent to an activating group) is 1. The molecular weight excluding hydrogens is 200 g/mol. The first kappa shape index (κ1) is 10.9. The summed E-state index contributed by atoms with van der Waals surface area (Å²) in [6, 6.07) is 10.1. The van der Waals surface area contributed by atoms with Crippen LogP contribution in [0.15, 0.2) is 30.3 Å². The molecule has 84 valence electrons. The van der Waals surface area contributed by atoms with E-state index in [9.17, 15) is 4.79 Å². The summed E-state index contributed by atoms with van der Waals surface area (Å²) in [4.78, 5) is 14.6. The Morgan fingerprint density at radius 1 is 1.44 bits per heavy atom. The molecule has 0 amide bonds. The van der Waals surface area contributed by atoms with E-state index in [0.717, 1.165) is 11.2 Å². The third-order valence-electron chi connectivity index (χ3n) is 2.85. The largest absolute Gasteiger partial charge is 0.358 e. The summed E-state index contributed by atoms with van der Waals surface area (Å²) in [5.41, 5.74) is 2.21. The number of nitrogens with one attached hydrogen (secondary N) is 2. The summed E-state index contributed by atoms with van der Waals surface area (Å²) in [5, 5.41) is 4.22. The van der Waals surface area contributed by atoms with Gasteiger partial charge in [-0.2, -0.15) is 0 Å². The average Bonchev–Trinajstić information content (AvgIpc) is 2.67. The van der Waals surface area contributed by atoms with Crippen LogP contribution in [0, 0.1) is 0 Å². The van der Waals surface area contributed by atoms with Crippen LogP contribution < -0.4 is 5.32 Å². The van der Waals surface area contributed by atoms with Gasteiger partial charge in [-0.25, -0.2) is 0 Å². The lowest BCUT2D eigenvalue weighted by atomic mass is 10.1. The number of H-pyrrole nitrogens is 1. The van der Waals surface area contributed by atoms with Gasteiger partial charge in [-0.1, -0.05) is 18.2 Å². The molecule has 0 unspecified atom stereocenters. The van der Waals surface area contributed by atoms with Crippen LogP contribution >= 0.6 is 0 Å². The number of hydrogen-bond acceptors (Lipinski definition) is 2. The highest BCUT2D eigenvalue weighted by Gasteiger charge is 2.13. The van der Waals surface area contributed by atoms with Crippen molar-refractivity contribution >= 4 is 16.7 Å². The number of Topliss-reactive ketones (excluding diaryl/α,β-unsaturated/α-hetero) is 1. The second kappa shape index (κ2) is 4.49. The van der Waals surface area contributed by atoms with E-state index in [4.69, 9.17) is 0 Å². The molecule has 1 heterocycles. The number of aromatic nitrogens is 1. The zero-order chi connectivity index (χ0) is 11.5. The summed E-state index contributed by atoms with van der Waals surface area (Å²) >= 11 is 0. The molecule has 0 bridgehead atoms. The van der Waals surface area contributed by atoms with E-state index in [1.807, 2.05) is 25.2 Å². The quantitative estimate of drug-likeness (QED) is 0.819. The topological polar surface area (TPSA) is 44.9 Å². The van der Waals surface area contributed by atoms with E-state index >= 15 is 0 Å². The molecule has 0 spiro atoms. The molecule has 0 aliphatic rings. The van der Waals surface area contributed by atoms with Crippen molar-refractivity contribution in [2.45, 2.75) is 19.4 Å². The lowest BCUT2D eigenvalue weighted by molar-refractivity contribution is -0.118. The molecule has 3 nitrogen and oxygen atoms in total. The summed E-state index contributed by atoms with van der Waals surface area (Å²) in [6.45, 7) is 1.61. The summed E-state index contributed by atoms with van der Waals surface area (Å²) in [6.07, 6.45) is 0.709. The Labute approximate surface area is 94.9 Å². The van der Waals surface area contributed by atoms with Gasteiger partial charge in [0.15, 0.2) is 0 Å². The maximum Gasteiger partial charge on any atom is 0.147 e. The van der Waals surface area contributed by atoms with Crippen LogP contribution in [0.1, 0.15) is 12.6 Å². The van der Waals surface area contributed by atoms with Crippen LogP contribution in [-0.4, -0.2) is 23.9 Å². The van der Waals surface area contributed by atoms with Gasteiger partial charge in [-0.3, -0.25) is 4.79 Å². The molecule has 0 radical (unpaired) electrons. The Morgan fingerprint density at radius 3 is 2.81 bits per heavy atom. The van der Waals surface area contributed by atoms with Crippen LogP contribution in [0.3, 0.4) is 0 Å². The molecule has 2 N–H and O–H groups in total. The van der Waals surface area contributed by atoms with Crippen molar-refractivity contribution in [1.29, 1.82) is 0 Å². The van der Waals surface area contributed by atoms with Gasteiger partial charge < -0.3 is 10.3 Å². The molecule has 0 saturated carbocycles. The maximum absolute atomic E-state index is 11.3. The smallest absolute Gasteiger partial charge is 0.147 e. The van der Waals surface area contributed by atoms with Gasteiger partial charge in [0.25, 0.3) is 0 Å². The highest BCUT2D eigenvalue weighted by molar-refractivity contribution is 5.83. The average molecular weight is 216 g/mol. The summed E-state index contributed by atoms with van der Waals surface area (Å²) in [5.74, 6) is 0.168. The minimum absolute atomic E-state index is 0.104. The van der Waals surface area contributed by atoms with Crippen molar-refractivity contribution < 1.29 is 4.79 Å². The number of carbonyl (C=O) groups excluding carboxylic acids is 1. The van der Waals surface area contributed by atoms with Gasteiger partial charge in [0.1, 0.15) is 5.78 Å². The number of benzene rings is 1. The number of para-hydroxylation sites is 1. The Kier molecular flexibility index (Phi) is 3.06. The fourth-order valence-corrected chi connectivity index (χ4v) is 1.91. The first-order chi connectivity index (χ1) is 7.70. The molecular formula is C13H16N2O. The second-order valence-corrected chi connectivity index (χ2v) is 4.04. The molecule has 16 heavy (non-hydrogen) atoms. The van der Waals surface area contributed by atoms with Gasteiger partial charge in [0.05, 0.1) is 6.04 Å². The maximum atomic E-state index is 11.3. The molecule has 1 aromatic heterocycles. The first-order valence-electron chi connectivity index (χ1n) is 5.45. The zero-order valence-electron chi connectivity index (χ0n) is 9.58. The monoisotopic (exact) mass is 216 g/mol. The molecule has 0 fully saturated rings. The van der Waals surface area contributed by atoms with Crippen molar-refractivity contribution in [1.82, 2.24) is 10.3 Å². The van der Waals surface area contributed by atoms with Crippen molar-refractivity contribution in [3.8, 4) is 0 Å². The fraction of sp³-hybridized carbons (Fsp3) is 0.308. The number of ketones is 1. The lowest BCUT2D eigenvalue weighted by Crippen LogP contribution is -2.34. The predicted octanol–water partition coefficient (Wildman–Crippen LogP) is 1.89. The van der Waals surface area contributed by atoms with Crippen LogP contribution in [0.25, 0.3) is 10.9 Å². The molecule has 2 aromatic rings. The number of rotatable bonds is 4. The molecule has 0 aliphatic carbocycles. The number of fused-ring (bicyclic) bond motifs is 1. The predicted molar refractivity (Wildman–Crippen MR) is 65.5 cm³/mol. The molecule has 3 heteroatoms. The lowest BCUT2D eigenvalue weighted by Gasteiger charge is -2.10. The van der Waals surface area contributed by atoms with E-state index < -0.39 is 0 Å². The van der Waals surface area contributed by atoms with E-state index in [1.54, 1.807) is 6.92 Å². The van der Waals surface area contributed by atoms with Gasteiger partial charge in [-0.05, 0) is 31.5 Å². The standard InChI is InChI=1S/C13H16N2O/c1-9(16)13(14-2)8-11-7-10-5-3-4-6-12(10)15-11/h3-7,13-15H,8H2,1-2H3/t13-/m0/s1. The first-order valence-corrected chi connectivity index (χ1v) is 5.45. The number of carbonyl (C=O) groups is 1. The molecule has 0 aliphatic heterocycles. The van der Waals surface area contributed by atoms with Gasteiger partial charge in [-0.15, -0.1) is 0 Å². The van der Waals surface area contributed by atoms with Gasteiger partial charge in [0, 0.05) is 17.6 Å². The van der Waals surface area contributed by atoms with Crippen LogP contribution in [0.4, 0.5) is 0 Å². The highest BCUT2D eigenvalue weighted by atomic mass is 16.1. The van der Waals surface area contributed by atoms with Crippen LogP contribution in [-0.2, 0) is 11.2 Å². The van der Waals surface area contributed by atoms with Gasteiger partial charge in [0.2, 0.25) is 0 Å². The van der Waals surface area contributed by atoms with E-state index in [1.165, 1.54) is 5.39 Å². The Balaban J connectivity index is 2.24. The third kappa shape index (κ3) is 2.14. The van der Waals surface area contributed by atoms with Gasteiger partial charge >= 0.3 is 0 Å². The minimum atomic E-state index is -0.104. The Morgan fingerprint density at radius 2 is 2.19 bits per heavy atom. The number of hydrogen-bond donors (Lipinski definition) is 2. The van der Waals surface area contributed by atoms with Crippen LogP contribution in [0.5, 0.6) is 0 Å². The molecule has 0 saturated heterocycles. The number of aromatic amines is 1. The van der Waals surface area contributed by atoms with Crippen molar-refractivity contribution in [2.75, 3.05) is 7.05 Å². The fourth-order valence-electron chi connectivity index (χ4n) is 1.91. The minimum Gasteiger partial charge on any atom is -0.358 e. The molecule has 2 rings (SSSR count). The van der Waals surface area contributed by atoms with E-state index in [2.05, 4.69) is 22.4 Å². The SMILES string of the molecule is CN[C@@H](Cc1cc2ccccc2[nH]1)C(C)=O. The Hall–Kier alpha value is -1.61. The zero-order valence-corrected chi connectivity index (χ0v) is 9.58. The summed E-state index contributed by atoms with van der Waals surface area (Å²) in [7, 11) is 1.81.